The molecule has 0 aromatic carbocycles. The van der Waals surface area contributed by atoms with Crippen LogP contribution in [-0.4, -0.2) is 16.0 Å². The highest BCUT2D eigenvalue weighted by molar-refractivity contribution is 5.37. The SMILES string of the molecule is C=CCC(C)Nc1cc(C)nc(C(C)C)n1. The molecular weight excluding hydrogens is 198 g/mol. The van der Waals surface area contributed by atoms with E-state index in [0.717, 1.165) is 23.8 Å². The van der Waals surface area contributed by atoms with Crippen molar-refractivity contribution >= 4 is 5.82 Å². The first-order valence-corrected chi connectivity index (χ1v) is 5.76. The monoisotopic (exact) mass is 219 g/mol. The average molecular weight is 219 g/mol. The van der Waals surface area contributed by atoms with E-state index in [2.05, 4.69) is 42.6 Å². The molecule has 1 unspecified atom stereocenters. The zero-order chi connectivity index (χ0) is 12.1. The van der Waals surface area contributed by atoms with Gasteiger partial charge in [0.05, 0.1) is 0 Å². The summed E-state index contributed by atoms with van der Waals surface area (Å²) in [5.41, 5.74) is 1.01. The van der Waals surface area contributed by atoms with Crippen LogP contribution in [0.25, 0.3) is 0 Å². The quantitative estimate of drug-likeness (QED) is 0.772. The van der Waals surface area contributed by atoms with Crippen molar-refractivity contribution in [1.29, 1.82) is 0 Å². The molecule has 0 spiro atoms. The van der Waals surface area contributed by atoms with Crippen LogP contribution in [0.5, 0.6) is 0 Å². The van der Waals surface area contributed by atoms with Crippen LogP contribution in [0.2, 0.25) is 0 Å². The molecule has 16 heavy (non-hydrogen) atoms. The van der Waals surface area contributed by atoms with E-state index in [-0.39, 0.29) is 0 Å². The molecule has 0 saturated carbocycles. The summed E-state index contributed by atoms with van der Waals surface area (Å²) in [6.45, 7) is 12.1. The number of hydrogen-bond donors (Lipinski definition) is 1. The lowest BCUT2D eigenvalue weighted by Crippen LogP contribution is -2.16. The highest BCUT2D eigenvalue weighted by Crippen LogP contribution is 2.14. The lowest BCUT2D eigenvalue weighted by Gasteiger charge is -2.14. The van der Waals surface area contributed by atoms with Crippen LogP contribution in [0.4, 0.5) is 5.82 Å². The van der Waals surface area contributed by atoms with Crippen molar-refractivity contribution in [2.45, 2.75) is 46.1 Å². The van der Waals surface area contributed by atoms with Gasteiger partial charge in [-0.25, -0.2) is 9.97 Å². The zero-order valence-electron chi connectivity index (χ0n) is 10.6. The minimum absolute atomic E-state index is 0.354. The first kappa shape index (κ1) is 12.7. The van der Waals surface area contributed by atoms with Crippen LogP contribution in [0.15, 0.2) is 18.7 Å². The average Bonchev–Trinajstić information content (AvgIpc) is 2.16. The van der Waals surface area contributed by atoms with Gasteiger partial charge >= 0.3 is 0 Å². The van der Waals surface area contributed by atoms with Crippen molar-refractivity contribution < 1.29 is 0 Å². The third-order valence-corrected chi connectivity index (χ3v) is 2.30. The molecule has 1 N–H and O–H groups in total. The Bertz CT molecular complexity index is 358. The van der Waals surface area contributed by atoms with Gasteiger partial charge in [0.15, 0.2) is 0 Å². The molecule has 0 aliphatic carbocycles. The largest absolute Gasteiger partial charge is 0.367 e. The number of nitrogens with zero attached hydrogens (tertiary/aromatic N) is 2. The van der Waals surface area contributed by atoms with Gasteiger partial charge in [-0.05, 0) is 20.3 Å². The van der Waals surface area contributed by atoms with Gasteiger partial charge in [0.25, 0.3) is 0 Å². The Morgan fingerprint density at radius 2 is 2.06 bits per heavy atom. The molecule has 0 amide bonds. The van der Waals surface area contributed by atoms with Gasteiger partial charge in [0.1, 0.15) is 11.6 Å². The van der Waals surface area contributed by atoms with Gasteiger partial charge in [-0.3, -0.25) is 0 Å². The summed E-state index contributed by atoms with van der Waals surface area (Å²) in [5.74, 6) is 2.16. The Labute approximate surface area is 98.0 Å². The summed E-state index contributed by atoms with van der Waals surface area (Å²) in [6, 6.07) is 2.33. The predicted molar refractivity (Wildman–Crippen MR) is 68.8 cm³/mol. The highest BCUT2D eigenvalue weighted by atomic mass is 15.0. The Balaban J connectivity index is 2.83. The van der Waals surface area contributed by atoms with Gasteiger partial charge in [0.2, 0.25) is 0 Å². The van der Waals surface area contributed by atoms with Gasteiger partial charge in [-0.2, -0.15) is 0 Å². The Morgan fingerprint density at radius 3 is 2.62 bits per heavy atom. The van der Waals surface area contributed by atoms with E-state index < -0.39 is 0 Å². The molecule has 1 aromatic rings. The number of rotatable bonds is 5. The smallest absolute Gasteiger partial charge is 0.133 e. The van der Waals surface area contributed by atoms with Crippen molar-refractivity contribution in [2.24, 2.45) is 0 Å². The molecule has 0 fully saturated rings. The minimum Gasteiger partial charge on any atom is -0.367 e. The second-order valence-electron chi connectivity index (χ2n) is 4.48. The molecule has 1 rings (SSSR count). The van der Waals surface area contributed by atoms with Crippen LogP contribution in [0.3, 0.4) is 0 Å². The van der Waals surface area contributed by atoms with Crippen molar-refractivity contribution in [3.8, 4) is 0 Å². The maximum Gasteiger partial charge on any atom is 0.133 e. The molecule has 3 nitrogen and oxygen atoms in total. The van der Waals surface area contributed by atoms with E-state index in [1.165, 1.54) is 0 Å². The first-order chi connectivity index (χ1) is 7.52. The Hall–Kier alpha value is -1.38. The van der Waals surface area contributed by atoms with E-state index in [0.29, 0.717) is 12.0 Å². The van der Waals surface area contributed by atoms with Gasteiger partial charge in [-0.15, -0.1) is 6.58 Å². The normalized spacial score (nSPS) is 12.6. The number of nitrogens with one attached hydrogen (secondary N) is 1. The van der Waals surface area contributed by atoms with E-state index in [4.69, 9.17) is 0 Å². The third kappa shape index (κ3) is 3.65. The van der Waals surface area contributed by atoms with Crippen molar-refractivity contribution in [2.75, 3.05) is 5.32 Å². The molecular formula is C13H21N3. The maximum absolute atomic E-state index is 4.50. The molecule has 0 radical (unpaired) electrons. The second kappa shape index (κ2) is 5.64. The summed E-state index contributed by atoms with van der Waals surface area (Å²) in [5, 5.41) is 3.36. The second-order valence-corrected chi connectivity index (χ2v) is 4.48. The number of hydrogen-bond acceptors (Lipinski definition) is 3. The van der Waals surface area contributed by atoms with Crippen LogP contribution in [0, 0.1) is 6.92 Å². The molecule has 0 bridgehead atoms. The number of aromatic nitrogens is 2. The fraction of sp³-hybridized carbons (Fsp3) is 0.538. The standard InChI is InChI=1S/C13H21N3/c1-6-7-10(4)14-12-8-11(5)15-13(16-12)9(2)3/h6,8-10H,1,7H2,2-5H3,(H,14,15,16). The molecule has 0 aliphatic heterocycles. The molecule has 88 valence electrons. The lowest BCUT2D eigenvalue weighted by molar-refractivity contribution is 0.754. The fourth-order valence-electron chi connectivity index (χ4n) is 1.49. The molecule has 1 atom stereocenters. The molecule has 3 heteroatoms. The van der Waals surface area contributed by atoms with Crippen LogP contribution >= 0.6 is 0 Å². The highest BCUT2D eigenvalue weighted by Gasteiger charge is 2.07. The van der Waals surface area contributed by atoms with Gasteiger partial charge < -0.3 is 5.32 Å². The lowest BCUT2D eigenvalue weighted by atomic mass is 10.2. The summed E-state index contributed by atoms with van der Waals surface area (Å²) in [7, 11) is 0. The summed E-state index contributed by atoms with van der Waals surface area (Å²) < 4.78 is 0. The Morgan fingerprint density at radius 1 is 1.38 bits per heavy atom. The molecule has 1 aromatic heterocycles. The fourth-order valence-corrected chi connectivity index (χ4v) is 1.49. The number of anilines is 1. The van der Waals surface area contributed by atoms with E-state index in [1.54, 1.807) is 0 Å². The topological polar surface area (TPSA) is 37.8 Å². The van der Waals surface area contributed by atoms with E-state index in [9.17, 15) is 0 Å². The van der Waals surface area contributed by atoms with E-state index >= 15 is 0 Å². The van der Waals surface area contributed by atoms with Crippen LogP contribution in [0.1, 0.15) is 44.6 Å². The van der Waals surface area contributed by atoms with Crippen molar-refractivity contribution in [3.05, 3.63) is 30.2 Å². The van der Waals surface area contributed by atoms with E-state index in [1.807, 2.05) is 19.1 Å². The zero-order valence-corrected chi connectivity index (χ0v) is 10.6. The Kier molecular flexibility index (Phi) is 4.47. The minimum atomic E-state index is 0.354. The van der Waals surface area contributed by atoms with Gasteiger partial charge in [-0.1, -0.05) is 19.9 Å². The molecule has 0 saturated heterocycles. The summed E-state index contributed by atoms with van der Waals surface area (Å²) >= 11 is 0. The molecule has 1 heterocycles. The van der Waals surface area contributed by atoms with Crippen molar-refractivity contribution in [1.82, 2.24) is 9.97 Å². The summed E-state index contributed by atoms with van der Waals surface area (Å²) in [6.07, 6.45) is 2.84. The van der Waals surface area contributed by atoms with Crippen LogP contribution < -0.4 is 5.32 Å². The first-order valence-electron chi connectivity index (χ1n) is 5.76. The predicted octanol–water partition coefficient (Wildman–Crippen LogP) is 3.28. The van der Waals surface area contributed by atoms with Gasteiger partial charge in [0, 0.05) is 23.7 Å². The molecule has 0 aliphatic rings. The van der Waals surface area contributed by atoms with Crippen molar-refractivity contribution in [3.63, 3.8) is 0 Å². The third-order valence-electron chi connectivity index (χ3n) is 2.30. The number of aryl methyl sites for hydroxylation is 1. The maximum atomic E-state index is 4.50. The van der Waals surface area contributed by atoms with Crippen LogP contribution in [-0.2, 0) is 0 Å². The summed E-state index contributed by atoms with van der Waals surface area (Å²) in [4.78, 5) is 8.91.